The summed E-state index contributed by atoms with van der Waals surface area (Å²) in [5.41, 5.74) is 3.06. The van der Waals surface area contributed by atoms with Gasteiger partial charge in [0, 0.05) is 19.3 Å². The van der Waals surface area contributed by atoms with Crippen LogP contribution in [-0.4, -0.2) is 43.4 Å². The number of benzene rings is 1. The molecule has 1 aliphatic heterocycles. The lowest BCUT2D eigenvalue weighted by Crippen LogP contribution is -2.36. The molecule has 0 bridgehead atoms. The summed E-state index contributed by atoms with van der Waals surface area (Å²) in [5.74, 6) is 0.755. The van der Waals surface area contributed by atoms with E-state index in [0.29, 0.717) is 6.54 Å². The fraction of sp³-hybridized carbons (Fsp3) is 0.462. The number of carbonyl (C=O) groups excluding carboxylic acids is 1. The maximum Gasteiger partial charge on any atom is 0.243 e. The van der Waals surface area contributed by atoms with Crippen molar-refractivity contribution in [2.24, 2.45) is 0 Å². The Hall–Kier alpha value is -1.59. The number of aryl methyl sites for hydroxylation is 1. The second-order valence-electron chi connectivity index (χ2n) is 4.56. The molecule has 5 heteroatoms. The molecule has 2 rings (SSSR count). The van der Waals surface area contributed by atoms with Gasteiger partial charge in [0.05, 0.1) is 7.11 Å². The molecule has 1 aromatic carbocycles. The minimum atomic E-state index is -0.0942. The predicted molar refractivity (Wildman–Crippen MR) is 68.2 cm³/mol. The van der Waals surface area contributed by atoms with Crippen molar-refractivity contribution in [1.82, 2.24) is 5.06 Å². The summed E-state index contributed by atoms with van der Waals surface area (Å²) in [6.45, 7) is 2.62. The van der Waals surface area contributed by atoms with E-state index in [0.717, 1.165) is 34.0 Å². The van der Waals surface area contributed by atoms with E-state index in [1.807, 2.05) is 19.1 Å². The highest BCUT2D eigenvalue weighted by molar-refractivity contribution is 5.97. The normalized spacial score (nSPS) is 13.9. The number of hydrogen-bond donors (Lipinski definition) is 1. The van der Waals surface area contributed by atoms with Gasteiger partial charge in [-0.25, -0.2) is 0 Å². The van der Waals surface area contributed by atoms with Gasteiger partial charge in [-0.3, -0.25) is 4.79 Å². The summed E-state index contributed by atoms with van der Waals surface area (Å²) in [7, 11) is 3.11. The van der Waals surface area contributed by atoms with Crippen molar-refractivity contribution in [2.75, 3.05) is 32.1 Å². The van der Waals surface area contributed by atoms with Gasteiger partial charge < -0.3 is 14.8 Å². The topological polar surface area (TPSA) is 53.0 Å². The molecule has 1 aromatic rings. The van der Waals surface area contributed by atoms with Crippen LogP contribution < -0.4 is 9.64 Å². The molecule has 0 fully saturated rings. The number of fused-ring (bicyclic) bond motifs is 1. The Bertz CT molecular complexity index is 472. The molecule has 1 heterocycles. The molecule has 0 aromatic heterocycles. The fourth-order valence-electron chi connectivity index (χ4n) is 2.28. The minimum absolute atomic E-state index is 0.00448. The number of carbonyl (C=O) groups is 1. The van der Waals surface area contributed by atoms with Crippen LogP contribution >= 0.6 is 0 Å². The monoisotopic (exact) mass is 250 g/mol. The molecule has 1 N–H and O–H groups in total. The summed E-state index contributed by atoms with van der Waals surface area (Å²) >= 11 is 0. The number of methoxy groups -OCH3 is 1. The van der Waals surface area contributed by atoms with E-state index in [-0.39, 0.29) is 12.5 Å². The van der Waals surface area contributed by atoms with Gasteiger partial charge in [-0.15, -0.1) is 0 Å². The lowest BCUT2D eigenvalue weighted by Gasteiger charge is -2.19. The number of amides is 1. The van der Waals surface area contributed by atoms with Crippen LogP contribution in [0.15, 0.2) is 12.1 Å². The third-order valence-corrected chi connectivity index (χ3v) is 3.16. The van der Waals surface area contributed by atoms with Crippen LogP contribution in [-0.2, 0) is 11.2 Å². The lowest BCUT2D eigenvalue weighted by atomic mass is 10.1. The highest BCUT2D eigenvalue weighted by Crippen LogP contribution is 2.33. The second kappa shape index (κ2) is 4.96. The van der Waals surface area contributed by atoms with Crippen molar-refractivity contribution in [3.05, 3.63) is 23.3 Å². The molecule has 1 amide bonds. The average Bonchev–Trinajstić information content (AvgIpc) is 2.69. The van der Waals surface area contributed by atoms with E-state index in [1.165, 1.54) is 7.05 Å². The zero-order chi connectivity index (χ0) is 13.3. The molecule has 0 atom stereocenters. The first kappa shape index (κ1) is 12.9. The Morgan fingerprint density at radius 1 is 1.56 bits per heavy atom. The third-order valence-electron chi connectivity index (χ3n) is 3.16. The van der Waals surface area contributed by atoms with Gasteiger partial charge in [0.1, 0.15) is 12.3 Å². The summed E-state index contributed by atoms with van der Waals surface area (Å²) < 4.78 is 5.28. The average molecular weight is 250 g/mol. The smallest absolute Gasteiger partial charge is 0.243 e. The molecule has 18 heavy (non-hydrogen) atoms. The highest BCUT2D eigenvalue weighted by atomic mass is 16.5. The van der Waals surface area contributed by atoms with Crippen LogP contribution in [0.5, 0.6) is 5.75 Å². The zero-order valence-electron chi connectivity index (χ0n) is 10.9. The van der Waals surface area contributed by atoms with Gasteiger partial charge >= 0.3 is 0 Å². The van der Waals surface area contributed by atoms with Gasteiger partial charge in [-0.05, 0) is 36.6 Å². The highest BCUT2D eigenvalue weighted by Gasteiger charge is 2.26. The number of anilines is 1. The van der Waals surface area contributed by atoms with Gasteiger partial charge in [-0.1, -0.05) is 0 Å². The van der Waals surface area contributed by atoms with Crippen LogP contribution in [0.1, 0.15) is 11.1 Å². The third kappa shape index (κ3) is 2.32. The van der Waals surface area contributed by atoms with E-state index in [4.69, 9.17) is 9.94 Å². The van der Waals surface area contributed by atoms with Gasteiger partial charge in [-0.2, -0.15) is 5.06 Å². The Morgan fingerprint density at radius 2 is 2.28 bits per heavy atom. The Balaban J connectivity index is 2.28. The van der Waals surface area contributed by atoms with Crippen LogP contribution in [0.2, 0.25) is 0 Å². The van der Waals surface area contributed by atoms with Gasteiger partial charge in [0.15, 0.2) is 0 Å². The van der Waals surface area contributed by atoms with Crippen molar-refractivity contribution in [3.8, 4) is 5.75 Å². The van der Waals surface area contributed by atoms with Crippen LogP contribution in [0, 0.1) is 6.92 Å². The van der Waals surface area contributed by atoms with Crippen molar-refractivity contribution in [1.29, 1.82) is 0 Å². The molecule has 0 radical (unpaired) electrons. The van der Waals surface area contributed by atoms with Gasteiger partial charge in [0.25, 0.3) is 0 Å². The van der Waals surface area contributed by atoms with E-state index in [9.17, 15) is 4.79 Å². The zero-order valence-corrected chi connectivity index (χ0v) is 10.9. The number of hydrogen-bond acceptors (Lipinski definition) is 4. The SMILES string of the molecule is COc1cc2c(cc1C)N(C(=O)CN(C)O)CC2. The fourth-order valence-corrected chi connectivity index (χ4v) is 2.28. The second-order valence-corrected chi connectivity index (χ2v) is 4.56. The Morgan fingerprint density at radius 3 is 2.89 bits per heavy atom. The number of likely N-dealkylation sites (N-methyl/N-ethyl adjacent to an activating group) is 1. The summed E-state index contributed by atoms with van der Waals surface area (Å²) in [6, 6.07) is 3.96. The van der Waals surface area contributed by atoms with Crippen molar-refractivity contribution < 1.29 is 14.7 Å². The predicted octanol–water partition coefficient (Wildman–Crippen LogP) is 1.21. The molecule has 0 unspecified atom stereocenters. The van der Waals surface area contributed by atoms with E-state index in [2.05, 4.69) is 0 Å². The molecule has 0 spiro atoms. The van der Waals surface area contributed by atoms with E-state index < -0.39 is 0 Å². The first-order valence-corrected chi connectivity index (χ1v) is 5.91. The van der Waals surface area contributed by atoms with Crippen LogP contribution in [0.3, 0.4) is 0 Å². The van der Waals surface area contributed by atoms with Crippen LogP contribution in [0.4, 0.5) is 5.69 Å². The first-order chi connectivity index (χ1) is 8.52. The Kier molecular flexibility index (Phi) is 3.54. The lowest BCUT2D eigenvalue weighted by molar-refractivity contribution is -0.130. The summed E-state index contributed by atoms with van der Waals surface area (Å²) in [6.07, 6.45) is 0.826. The van der Waals surface area contributed by atoms with Gasteiger partial charge in [0.2, 0.25) is 5.91 Å². The molecular formula is C13H18N2O3. The number of ether oxygens (including phenoxy) is 1. The van der Waals surface area contributed by atoms with Crippen molar-refractivity contribution in [2.45, 2.75) is 13.3 Å². The molecule has 0 saturated carbocycles. The Labute approximate surface area is 107 Å². The summed E-state index contributed by atoms with van der Waals surface area (Å²) in [4.78, 5) is 13.7. The number of hydroxylamine groups is 2. The maximum absolute atomic E-state index is 12.0. The molecule has 5 nitrogen and oxygen atoms in total. The largest absolute Gasteiger partial charge is 0.496 e. The standard InChI is InChI=1S/C13H18N2O3/c1-9-6-11-10(7-12(9)18-3)4-5-15(11)13(16)8-14(2)17/h6-7,17H,4-5,8H2,1-3H3. The van der Waals surface area contributed by atoms with Crippen molar-refractivity contribution in [3.63, 3.8) is 0 Å². The molecule has 98 valence electrons. The molecule has 0 aliphatic carbocycles. The van der Waals surface area contributed by atoms with Crippen molar-refractivity contribution >= 4 is 11.6 Å². The van der Waals surface area contributed by atoms with Crippen LogP contribution in [0.25, 0.3) is 0 Å². The van der Waals surface area contributed by atoms with E-state index in [1.54, 1.807) is 12.0 Å². The maximum atomic E-state index is 12.0. The molecule has 1 aliphatic rings. The molecular weight excluding hydrogens is 232 g/mol. The quantitative estimate of drug-likeness (QED) is 0.819. The minimum Gasteiger partial charge on any atom is -0.496 e. The number of nitrogens with zero attached hydrogens (tertiary/aromatic N) is 2. The first-order valence-electron chi connectivity index (χ1n) is 5.91. The molecule has 0 saturated heterocycles. The number of rotatable bonds is 3. The summed E-state index contributed by atoms with van der Waals surface area (Å²) in [5, 5.41) is 10.0. The van der Waals surface area contributed by atoms with E-state index >= 15 is 0 Å².